The molecule has 0 radical (unpaired) electrons. The SMILES string of the molecule is C[N+]12CCCC[C@H]1[C@H](COC(=O)C(O)(c1ccccc1)c1ccccc1)CCC2. The average molecular weight is 395 g/mol. The van der Waals surface area contributed by atoms with E-state index < -0.39 is 11.6 Å². The number of nitrogens with zero attached hydrogens (tertiary/aromatic N) is 1. The van der Waals surface area contributed by atoms with Crippen LogP contribution in [0.4, 0.5) is 0 Å². The second-order valence-electron chi connectivity index (χ2n) is 8.93. The molecule has 4 rings (SSSR count). The number of fused-ring (bicyclic) bond motifs is 1. The Kier molecular flexibility index (Phi) is 5.75. The molecule has 2 aliphatic rings. The highest BCUT2D eigenvalue weighted by Gasteiger charge is 2.46. The van der Waals surface area contributed by atoms with E-state index in [-0.39, 0.29) is 0 Å². The Morgan fingerprint density at radius 2 is 1.55 bits per heavy atom. The predicted octanol–water partition coefficient (Wildman–Crippen LogP) is 3.87. The number of carbonyl (C=O) groups excluding carboxylic acids is 1. The van der Waals surface area contributed by atoms with Crippen molar-refractivity contribution in [3.63, 3.8) is 0 Å². The van der Waals surface area contributed by atoms with Crippen LogP contribution in [0.25, 0.3) is 0 Å². The van der Waals surface area contributed by atoms with E-state index in [0.717, 1.165) is 10.9 Å². The minimum Gasteiger partial charge on any atom is -0.462 e. The molecule has 0 bridgehead atoms. The number of benzene rings is 2. The first-order valence-electron chi connectivity index (χ1n) is 10.9. The fourth-order valence-electron chi connectivity index (χ4n) is 5.48. The van der Waals surface area contributed by atoms with E-state index in [4.69, 9.17) is 4.74 Å². The quantitative estimate of drug-likeness (QED) is 0.618. The van der Waals surface area contributed by atoms with Gasteiger partial charge in [0.15, 0.2) is 0 Å². The molecule has 3 atom stereocenters. The van der Waals surface area contributed by atoms with Gasteiger partial charge in [-0.25, -0.2) is 4.79 Å². The smallest absolute Gasteiger partial charge is 0.347 e. The van der Waals surface area contributed by atoms with Crippen molar-refractivity contribution >= 4 is 5.97 Å². The molecule has 0 spiro atoms. The lowest BCUT2D eigenvalue weighted by Gasteiger charge is -2.51. The lowest BCUT2D eigenvalue weighted by Crippen LogP contribution is -2.61. The summed E-state index contributed by atoms with van der Waals surface area (Å²) in [5, 5.41) is 11.6. The Labute approximate surface area is 173 Å². The molecule has 4 nitrogen and oxygen atoms in total. The standard InChI is InChI=1S/C25H32NO3/c1-26-17-9-8-16-23(26)20(11-10-18-26)19-29-24(27)25(28,21-12-4-2-5-13-21)22-14-6-3-7-15-22/h2-7,12-15,20,23,28H,8-11,16-19H2,1H3/q+1/t20-,23-,26?/m0/s1. The van der Waals surface area contributed by atoms with Crippen molar-refractivity contribution in [1.82, 2.24) is 0 Å². The molecule has 0 aliphatic carbocycles. The minimum absolute atomic E-state index is 0.369. The van der Waals surface area contributed by atoms with Crippen molar-refractivity contribution in [2.24, 2.45) is 5.92 Å². The Morgan fingerprint density at radius 1 is 0.966 bits per heavy atom. The largest absolute Gasteiger partial charge is 0.462 e. The van der Waals surface area contributed by atoms with Crippen LogP contribution in [-0.4, -0.2) is 48.3 Å². The highest BCUT2D eigenvalue weighted by Crippen LogP contribution is 2.37. The molecule has 2 fully saturated rings. The van der Waals surface area contributed by atoms with Crippen LogP contribution < -0.4 is 0 Å². The van der Waals surface area contributed by atoms with Gasteiger partial charge in [0.2, 0.25) is 5.60 Å². The molecule has 29 heavy (non-hydrogen) atoms. The van der Waals surface area contributed by atoms with Gasteiger partial charge in [0.05, 0.1) is 32.8 Å². The van der Waals surface area contributed by atoms with Crippen molar-refractivity contribution in [2.75, 3.05) is 26.7 Å². The topological polar surface area (TPSA) is 46.5 Å². The molecule has 2 aliphatic heterocycles. The van der Waals surface area contributed by atoms with Crippen molar-refractivity contribution < 1.29 is 19.1 Å². The lowest BCUT2D eigenvalue weighted by molar-refractivity contribution is -0.947. The van der Waals surface area contributed by atoms with Gasteiger partial charge in [0, 0.05) is 12.3 Å². The number of hydrogen-bond acceptors (Lipinski definition) is 3. The zero-order chi connectivity index (χ0) is 20.3. The van der Waals surface area contributed by atoms with Gasteiger partial charge in [-0.2, -0.15) is 0 Å². The van der Waals surface area contributed by atoms with Crippen molar-refractivity contribution in [1.29, 1.82) is 0 Å². The third kappa shape index (κ3) is 3.84. The number of rotatable bonds is 5. The van der Waals surface area contributed by atoms with Crippen LogP contribution in [-0.2, 0) is 15.1 Å². The Bertz CT molecular complexity index is 779. The first-order valence-corrected chi connectivity index (χ1v) is 10.9. The summed E-state index contributed by atoms with van der Waals surface area (Å²) in [4.78, 5) is 13.3. The van der Waals surface area contributed by atoms with Gasteiger partial charge in [0.1, 0.15) is 0 Å². The fourth-order valence-corrected chi connectivity index (χ4v) is 5.48. The van der Waals surface area contributed by atoms with Crippen LogP contribution in [0.2, 0.25) is 0 Å². The molecule has 4 heteroatoms. The van der Waals surface area contributed by atoms with Gasteiger partial charge in [-0.05, 0) is 36.8 Å². The number of carbonyl (C=O) groups is 1. The molecule has 2 saturated heterocycles. The van der Waals surface area contributed by atoms with Crippen LogP contribution in [0.3, 0.4) is 0 Å². The monoisotopic (exact) mass is 394 g/mol. The Balaban J connectivity index is 1.55. The second-order valence-corrected chi connectivity index (χ2v) is 8.93. The van der Waals surface area contributed by atoms with Crippen LogP contribution in [0.1, 0.15) is 43.2 Å². The van der Waals surface area contributed by atoms with E-state index in [9.17, 15) is 9.90 Å². The second kappa shape index (κ2) is 8.29. The van der Waals surface area contributed by atoms with Gasteiger partial charge in [-0.3, -0.25) is 0 Å². The first-order chi connectivity index (χ1) is 14.0. The summed E-state index contributed by atoms with van der Waals surface area (Å²) in [6.45, 7) is 2.85. The number of quaternary nitrogens is 1. The summed E-state index contributed by atoms with van der Waals surface area (Å²) in [5.41, 5.74) is -0.710. The van der Waals surface area contributed by atoms with Crippen molar-refractivity contribution in [2.45, 2.75) is 43.7 Å². The molecule has 2 aromatic carbocycles. The number of ether oxygens (including phenoxy) is 1. The predicted molar refractivity (Wildman–Crippen MR) is 113 cm³/mol. The maximum atomic E-state index is 13.3. The van der Waals surface area contributed by atoms with E-state index in [1.54, 1.807) is 24.3 Å². The molecular weight excluding hydrogens is 362 g/mol. The number of hydrogen-bond donors (Lipinski definition) is 1. The number of esters is 1. The van der Waals surface area contributed by atoms with Crippen LogP contribution in [0, 0.1) is 5.92 Å². The molecule has 0 aromatic heterocycles. The summed E-state index contributed by atoms with van der Waals surface area (Å²) in [7, 11) is 2.36. The molecule has 2 heterocycles. The zero-order valence-electron chi connectivity index (χ0n) is 17.3. The van der Waals surface area contributed by atoms with Gasteiger partial charge < -0.3 is 14.3 Å². The minimum atomic E-state index is -1.79. The molecule has 2 aromatic rings. The van der Waals surface area contributed by atoms with Gasteiger partial charge in [-0.15, -0.1) is 0 Å². The lowest BCUT2D eigenvalue weighted by atomic mass is 9.81. The molecular formula is C25H32NO3+. The first kappa shape index (κ1) is 20.1. The normalized spacial score (nSPS) is 27.1. The van der Waals surface area contributed by atoms with Crippen molar-refractivity contribution in [3.8, 4) is 0 Å². The van der Waals surface area contributed by atoms with E-state index in [2.05, 4.69) is 7.05 Å². The molecule has 0 amide bonds. The van der Waals surface area contributed by atoms with E-state index in [1.807, 2.05) is 36.4 Å². The molecule has 0 saturated carbocycles. The molecule has 1 unspecified atom stereocenters. The Morgan fingerprint density at radius 3 is 2.17 bits per heavy atom. The maximum Gasteiger partial charge on any atom is 0.347 e. The number of aliphatic hydroxyl groups is 1. The van der Waals surface area contributed by atoms with Crippen LogP contribution in [0.5, 0.6) is 0 Å². The van der Waals surface area contributed by atoms with Crippen molar-refractivity contribution in [3.05, 3.63) is 71.8 Å². The summed E-state index contributed by atoms with van der Waals surface area (Å²) in [5.74, 6) is -0.209. The van der Waals surface area contributed by atoms with Crippen LogP contribution in [0.15, 0.2) is 60.7 Å². The Hall–Kier alpha value is -2.17. The third-order valence-electron chi connectivity index (χ3n) is 7.11. The highest BCUT2D eigenvalue weighted by atomic mass is 16.5. The van der Waals surface area contributed by atoms with E-state index in [1.165, 1.54) is 38.8 Å². The summed E-state index contributed by atoms with van der Waals surface area (Å²) in [6.07, 6.45) is 6.04. The fraction of sp³-hybridized carbons (Fsp3) is 0.480. The van der Waals surface area contributed by atoms with E-state index >= 15 is 0 Å². The maximum absolute atomic E-state index is 13.3. The molecule has 154 valence electrons. The summed E-state index contributed by atoms with van der Waals surface area (Å²) < 4.78 is 6.97. The summed E-state index contributed by atoms with van der Waals surface area (Å²) >= 11 is 0. The van der Waals surface area contributed by atoms with Gasteiger partial charge in [0.25, 0.3) is 0 Å². The molecule has 1 N–H and O–H groups in total. The van der Waals surface area contributed by atoms with Gasteiger partial charge >= 0.3 is 5.97 Å². The third-order valence-corrected chi connectivity index (χ3v) is 7.11. The van der Waals surface area contributed by atoms with Crippen LogP contribution >= 0.6 is 0 Å². The van der Waals surface area contributed by atoms with Gasteiger partial charge in [-0.1, -0.05) is 60.7 Å². The van der Waals surface area contributed by atoms with E-state index in [0.29, 0.717) is 29.7 Å². The zero-order valence-corrected chi connectivity index (χ0v) is 17.3. The highest BCUT2D eigenvalue weighted by molar-refractivity contribution is 5.85. The average Bonchev–Trinajstić information content (AvgIpc) is 2.77. The number of piperidine rings is 2. The summed E-state index contributed by atoms with van der Waals surface area (Å²) in [6, 6.07) is 18.8.